The van der Waals surface area contributed by atoms with Crippen LogP contribution in [-0.4, -0.2) is 53.2 Å². The fraction of sp³-hybridized carbons (Fsp3) is 0.261. The van der Waals surface area contributed by atoms with Gasteiger partial charge in [0.05, 0.1) is 12.7 Å². The van der Waals surface area contributed by atoms with E-state index in [2.05, 4.69) is 36.9 Å². The summed E-state index contributed by atoms with van der Waals surface area (Å²) in [5.74, 6) is 0.100. The van der Waals surface area contributed by atoms with Crippen LogP contribution < -0.4 is 16.6 Å². The molecule has 14 heteroatoms. The number of aromatic nitrogens is 4. The summed E-state index contributed by atoms with van der Waals surface area (Å²) in [4.78, 5) is 41.7. The summed E-state index contributed by atoms with van der Waals surface area (Å²) in [7, 11) is -4.76. The third-order valence-electron chi connectivity index (χ3n) is 6.52. The molecule has 0 saturated carbocycles. The number of aliphatic hydroxyl groups excluding tert-OH is 1. The van der Waals surface area contributed by atoms with Crippen LogP contribution in [0.1, 0.15) is 23.8 Å². The Morgan fingerprint density at radius 1 is 1.19 bits per heavy atom. The number of fused-ring (bicyclic) bond motifs is 4. The second kappa shape index (κ2) is 8.77. The summed E-state index contributed by atoms with van der Waals surface area (Å²) in [5, 5.41) is 13.7. The Kier molecular flexibility index (Phi) is 5.64. The van der Waals surface area contributed by atoms with Gasteiger partial charge in [0.1, 0.15) is 12.3 Å². The monoisotopic (exact) mass is 526 g/mol. The van der Waals surface area contributed by atoms with Gasteiger partial charge >= 0.3 is 7.82 Å². The Labute approximate surface area is 209 Å². The SMILES string of the molecule is Nc1nc2c(nc(Nc3ccc4c(c3)Cc3ccccc3-4)n2[C@H]2C[C@H](O)[C@@H](COP(=O)(O)O)O2)c(=O)[nH]1. The molecule has 6 rings (SSSR count). The molecule has 1 fully saturated rings. The van der Waals surface area contributed by atoms with Crippen molar-refractivity contribution in [3.05, 3.63) is 63.9 Å². The minimum Gasteiger partial charge on any atom is -0.390 e. The molecule has 0 amide bonds. The lowest BCUT2D eigenvalue weighted by Gasteiger charge is -2.18. The van der Waals surface area contributed by atoms with Gasteiger partial charge in [-0.15, -0.1) is 0 Å². The fourth-order valence-corrected chi connectivity index (χ4v) is 5.25. The molecule has 1 aliphatic heterocycles. The van der Waals surface area contributed by atoms with Crippen LogP contribution in [0.5, 0.6) is 0 Å². The topological polar surface area (TPSA) is 198 Å². The zero-order chi connectivity index (χ0) is 25.9. The lowest BCUT2D eigenvalue weighted by Crippen LogP contribution is -2.26. The van der Waals surface area contributed by atoms with Crippen LogP contribution in [0.25, 0.3) is 22.3 Å². The van der Waals surface area contributed by atoms with Gasteiger partial charge in [-0.1, -0.05) is 30.3 Å². The summed E-state index contributed by atoms with van der Waals surface area (Å²) >= 11 is 0. The molecule has 0 unspecified atom stereocenters. The first-order valence-electron chi connectivity index (χ1n) is 11.5. The van der Waals surface area contributed by atoms with E-state index in [-0.39, 0.29) is 29.5 Å². The molecule has 192 valence electrons. The lowest BCUT2D eigenvalue weighted by molar-refractivity contribution is -0.0417. The van der Waals surface area contributed by atoms with Crippen molar-refractivity contribution in [3.8, 4) is 11.1 Å². The van der Waals surface area contributed by atoms with Gasteiger partial charge in [0.2, 0.25) is 11.9 Å². The number of nitrogen functional groups attached to an aromatic ring is 1. The average Bonchev–Trinajstić information content (AvgIpc) is 3.49. The average molecular weight is 526 g/mol. The van der Waals surface area contributed by atoms with Gasteiger partial charge in [0.15, 0.2) is 11.2 Å². The summed E-state index contributed by atoms with van der Waals surface area (Å²) in [5.41, 5.74) is 10.8. The number of anilines is 3. The van der Waals surface area contributed by atoms with E-state index in [0.29, 0.717) is 5.69 Å². The second-order valence-electron chi connectivity index (χ2n) is 8.98. The van der Waals surface area contributed by atoms with E-state index in [1.54, 1.807) is 0 Å². The summed E-state index contributed by atoms with van der Waals surface area (Å²) < 4.78 is 23.0. The second-order valence-corrected chi connectivity index (χ2v) is 10.2. The van der Waals surface area contributed by atoms with Crippen molar-refractivity contribution in [2.24, 2.45) is 0 Å². The van der Waals surface area contributed by atoms with Gasteiger partial charge < -0.3 is 30.7 Å². The molecule has 2 aromatic carbocycles. The quantitative estimate of drug-likeness (QED) is 0.176. The predicted octanol–water partition coefficient (Wildman–Crippen LogP) is 1.77. The van der Waals surface area contributed by atoms with Gasteiger partial charge in [0, 0.05) is 12.1 Å². The number of benzene rings is 2. The predicted molar refractivity (Wildman–Crippen MR) is 133 cm³/mol. The van der Waals surface area contributed by atoms with E-state index in [1.165, 1.54) is 15.7 Å². The molecule has 37 heavy (non-hydrogen) atoms. The maximum atomic E-state index is 12.6. The summed E-state index contributed by atoms with van der Waals surface area (Å²) in [6, 6.07) is 14.1. The highest BCUT2D eigenvalue weighted by Crippen LogP contribution is 2.41. The zero-order valence-electron chi connectivity index (χ0n) is 19.2. The molecule has 2 aromatic heterocycles. The lowest BCUT2D eigenvalue weighted by atomic mass is 10.1. The smallest absolute Gasteiger partial charge is 0.390 e. The van der Waals surface area contributed by atoms with Crippen LogP contribution in [0.15, 0.2) is 47.3 Å². The molecule has 2 aliphatic rings. The number of aromatic amines is 1. The fourth-order valence-electron chi connectivity index (χ4n) is 4.91. The van der Waals surface area contributed by atoms with Gasteiger partial charge in [-0.05, 0) is 40.8 Å². The number of phosphoric ester groups is 1. The highest BCUT2D eigenvalue weighted by atomic mass is 31.2. The number of imidazole rings is 1. The van der Waals surface area contributed by atoms with Crippen molar-refractivity contribution < 1.29 is 28.7 Å². The highest BCUT2D eigenvalue weighted by Gasteiger charge is 2.39. The van der Waals surface area contributed by atoms with Gasteiger partial charge in [-0.3, -0.25) is 18.9 Å². The molecular weight excluding hydrogens is 503 g/mol. The number of nitrogens with one attached hydrogen (secondary N) is 2. The number of aliphatic hydroxyl groups is 1. The van der Waals surface area contributed by atoms with Gasteiger partial charge in [-0.25, -0.2) is 9.55 Å². The number of rotatable bonds is 6. The van der Waals surface area contributed by atoms with Gasteiger partial charge in [-0.2, -0.15) is 4.98 Å². The first kappa shape index (κ1) is 23.8. The van der Waals surface area contributed by atoms with Crippen LogP contribution >= 0.6 is 7.82 Å². The first-order chi connectivity index (χ1) is 17.7. The van der Waals surface area contributed by atoms with E-state index in [1.807, 2.05) is 30.3 Å². The van der Waals surface area contributed by atoms with Crippen molar-refractivity contribution in [2.75, 3.05) is 17.7 Å². The molecule has 3 atom stereocenters. The van der Waals surface area contributed by atoms with Gasteiger partial charge in [0.25, 0.3) is 5.56 Å². The Hall–Kier alpha value is -3.58. The molecule has 1 aliphatic carbocycles. The van der Waals surface area contributed by atoms with E-state index in [0.717, 1.165) is 17.5 Å². The van der Waals surface area contributed by atoms with Crippen molar-refractivity contribution in [2.45, 2.75) is 31.3 Å². The van der Waals surface area contributed by atoms with Crippen molar-refractivity contribution >= 4 is 36.6 Å². The van der Waals surface area contributed by atoms with E-state index in [9.17, 15) is 14.5 Å². The Bertz CT molecular complexity index is 1630. The molecule has 7 N–H and O–H groups in total. The maximum absolute atomic E-state index is 12.6. The van der Waals surface area contributed by atoms with Crippen LogP contribution in [0.4, 0.5) is 17.6 Å². The largest absolute Gasteiger partial charge is 0.469 e. The minimum absolute atomic E-state index is 0.0123. The molecule has 0 radical (unpaired) electrons. The number of H-pyrrole nitrogens is 1. The van der Waals surface area contributed by atoms with Crippen molar-refractivity contribution in [3.63, 3.8) is 0 Å². The molecule has 0 bridgehead atoms. The van der Waals surface area contributed by atoms with Crippen LogP contribution in [0.2, 0.25) is 0 Å². The molecule has 0 spiro atoms. The molecule has 1 saturated heterocycles. The Morgan fingerprint density at radius 3 is 2.78 bits per heavy atom. The minimum atomic E-state index is -4.76. The van der Waals surface area contributed by atoms with Crippen molar-refractivity contribution in [1.82, 2.24) is 19.5 Å². The van der Waals surface area contributed by atoms with E-state index >= 15 is 0 Å². The third kappa shape index (κ3) is 4.42. The number of hydrogen-bond acceptors (Lipinski definition) is 9. The Balaban J connectivity index is 1.36. The summed E-state index contributed by atoms with van der Waals surface area (Å²) in [6.07, 6.45) is -2.18. The van der Waals surface area contributed by atoms with E-state index in [4.69, 9.17) is 20.3 Å². The molecule has 4 aromatic rings. The number of phosphoric acid groups is 1. The normalized spacial score (nSPS) is 20.8. The Morgan fingerprint density at radius 2 is 1.97 bits per heavy atom. The first-order valence-corrected chi connectivity index (χ1v) is 13.0. The number of hydrogen-bond donors (Lipinski definition) is 6. The standard InChI is InChI=1S/C23H23N6O7P/c24-22-27-20-19(21(31)28-22)26-23(29(20)18-9-16(30)17(36-18)10-35-37(32,33)34)25-13-5-6-15-12(8-13)7-11-3-1-2-4-14(11)15/h1-6,8,16-18,30H,7,9-10H2,(H,25,26)(H2,32,33,34)(H3,24,27,28,31)/t16-,17+,18+/m0/s1. The van der Waals surface area contributed by atoms with Crippen molar-refractivity contribution in [1.29, 1.82) is 0 Å². The maximum Gasteiger partial charge on any atom is 0.469 e. The molecule has 13 nitrogen and oxygen atoms in total. The summed E-state index contributed by atoms with van der Waals surface area (Å²) in [6.45, 7) is -0.529. The molecule has 3 heterocycles. The highest BCUT2D eigenvalue weighted by molar-refractivity contribution is 7.46. The van der Waals surface area contributed by atoms with Crippen LogP contribution in [-0.2, 0) is 20.2 Å². The van der Waals surface area contributed by atoms with Crippen LogP contribution in [0, 0.1) is 0 Å². The van der Waals surface area contributed by atoms with Crippen LogP contribution in [0.3, 0.4) is 0 Å². The number of nitrogens with two attached hydrogens (primary N) is 1. The third-order valence-corrected chi connectivity index (χ3v) is 7.00. The molecular formula is C23H23N6O7P. The zero-order valence-corrected chi connectivity index (χ0v) is 20.1. The number of nitrogens with zero attached hydrogens (tertiary/aromatic N) is 3. The van der Waals surface area contributed by atoms with E-state index < -0.39 is 38.4 Å². The number of ether oxygens (including phenoxy) is 1.